The van der Waals surface area contributed by atoms with E-state index in [1.807, 2.05) is 60.7 Å². The quantitative estimate of drug-likeness (QED) is 0.643. The van der Waals surface area contributed by atoms with Gasteiger partial charge < -0.3 is 24.3 Å². The lowest BCUT2D eigenvalue weighted by atomic mass is 10.0. The summed E-state index contributed by atoms with van der Waals surface area (Å²) in [4.78, 5) is 24.6. The first kappa shape index (κ1) is 22.1. The zero-order chi connectivity index (χ0) is 21.3. The topological polar surface area (TPSA) is 83.1 Å². The molecule has 1 amide bonds. The Labute approximate surface area is 176 Å². The van der Waals surface area contributed by atoms with E-state index in [4.69, 9.17) is 18.9 Å². The number of hydrogen-bond donors (Lipinski definition) is 1. The van der Waals surface area contributed by atoms with Crippen LogP contribution in [0.4, 0.5) is 0 Å². The third-order valence-corrected chi connectivity index (χ3v) is 4.79. The van der Waals surface area contributed by atoms with Gasteiger partial charge in [0.1, 0.15) is 24.9 Å². The molecule has 1 saturated heterocycles. The van der Waals surface area contributed by atoms with Gasteiger partial charge in [0, 0.05) is 14.0 Å². The summed E-state index contributed by atoms with van der Waals surface area (Å²) in [6, 6.07) is 18.6. The monoisotopic (exact) mass is 413 g/mol. The minimum atomic E-state index is -0.911. The Morgan fingerprint density at radius 2 is 1.57 bits per heavy atom. The molecule has 0 radical (unpaired) electrons. The van der Waals surface area contributed by atoms with E-state index >= 15 is 0 Å². The Hall–Kier alpha value is -2.58. The summed E-state index contributed by atoms with van der Waals surface area (Å²) in [5.74, 6) is -0.522. The zero-order valence-corrected chi connectivity index (χ0v) is 17.2. The van der Waals surface area contributed by atoms with Gasteiger partial charge >= 0.3 is 0 Å². The highest BCUT2D eigenvalue weighted by Gasteiger charge is 2.49. The summed E-state index contributed by atoms with van der Waals surface area (Å²) < 4.78 is 22.8. The fraction of sp³-hybridized carbons (Fsp3) is 0.391. The van der Waals surface area contributed by atoms with Gasteiger partial charge in [-0.25, -0.2) is 0 Å². The number of carbonyl (C=O) groups excluding carboxylic acids is 2. The van der Waals surface area contributed by atoms with Gasteiger partial charge in [-0.3, -0.25) is 9.59 Å². The lowest BCUT2D eigenvalue weighted by Gasteiger charge is -2.24. The number of Topliss-reactive ketones (excluding diaryl/α,β-unsaturated/α-hetero) is 1. The molecule has 2 aromatic carbocycles. The molecule has 1 aliphatic rings. The lowest BCUT2D eigenvalue weighted by Crippen LogP contribution is -2.49. The van der Waals surface area contributed by atoms with Crippen molar-refractivity contribution in [3.8, 4) is 0 Å². The average Bonchev–Trinajstić information content (AvgIpc) is 3.10. The Bertz CT molecular complexity index is 813. The van der Waals surface area contributed by atoms with Crippen LogP contribution in [-0.2, 0) is 41.8 Å². The molecule has 0 aliphatic carbocycles. The van der Waals surface area contributed by atoms with Crippen LogP contribution in [-0.4, -0.2) is 49.9 Å². The summed E-state index contributed by atoms with van der Waals surface area (Å²) in [7, 11) is 1.46. The molecular weight excluding hydrogens is 386 g/mol. The van der Waals surface area contributed by atoms with Crippen molar-refractivity contribution in [3.63, 3.8) is 0 Å². The van der Waals surface area contributed by atoms with Crippen molar-refractivity contribution in [3.05, 3.63) is 71.8 Å². The fourth-order valence-electron chi connectivity index (χ4n) is 3.38. The molecular formula is C23H27NO6. The van der Waals surface area contributed by atoms with Crippen LogP contribution >= 0.6 is 0 Å². The summed E-state index contributed by atoms with van der Waals surface area (Å²) >= 11 is 0. The largest absolute Gasteiger partial charge is 0.369 e. The molecule has 4 atom stereocenters. The van der Waals surface area contributed by atoms with Crippen molar-refractivity contribution in [2.24, 2.45) is 0 Å². The maximum absolute atomic E-state index is 12.9. The summed E-state index contributed by atoms with van der Waals surface area (Å²) in [5.41, 5.74) is 1.92. The van der Waals surface area contributed by atoms with Crippen LogP contribution in [0, 0.1) is 0 Å². The number of carbonyl (C=O) groups is 2. The van der Waals surface area contributed by atoms with Gasteiger partial charge in [-0.2, -0.15) is 0 Å². The molecule has 7 nitrogen and oxygen atoms in total. The van der Waals surface area contributed by atoms with E-state index in [0.29, 0.717) is 6.61 Å². The van der Waals surface area contributed by atoms with Crippen molar-refractivity contribution < 1.29 is 28.5 Å². The minimum Gasteiger partial charge on any atom is -0.369 e. The first-order valence-electron chi connectivity index (χ1n) is 9.83. The molecule has 1 heterocycles. The molecule has 3 rings (SSSR count). The van der Waals surface area contributed by atoms with Crippen molar-refractivity contribution >= 4 is 11.7 Å². The standard InChI is InChI=1S/C23H27NO6/c1-16(25)24-20-22(29-14-18-11-7-4-8-12-18)21(30-23(20)27-2)19(26)15-28-13-17-9-5-3-6-10-17/h3-12,20-23H,13-15H2,1-2H3,(H,24,25)/t20-,21-,22-,23-/m1/s1. The van der Waals surface area contributed by atoms with Gasteiger partial charge in [0.05, 0.1) is 13.2 Å². The average molecular weight is 413 g/mol. The van der Waals surface area contributed by atoms with Crippen LogP contribution < -0.4 is 5.32 Å². The van der Waals surface area contributed by atoms with E-state index in [9.17, 15) is 9.59 Å². The molecule has 160 valence electrons. The zero-order valence-electron chi connectivity index (χ0n) is 17.2. The number of amides is 1. The van der Waals surface area contributed by atoms with Gasteiger partial charge in [-0.15, -0.1) is 0 Å². The number of hydrogen-bond acceptors (Lipinski definition) is 6. The molecule has 0 spiro atoms. The minimum absolute atomic E-state index is 0.131. The highest BCUT2D eigenvalue weighted by atomic mass is 16.7. The van der Waals surface area contributed by atoms with Crippen LogP contribution in [0.15, 0.2) is 60.7 Å². The van der Waals surface area contributed by atoms with E-state index in [-0.39, 0.29) is 24.9 Å². The van der Waals surface area contributed by atoms with Crippen LogP contribution in [0.3, 0.4) is 0 Å². The maximum atomic E-state index is 12.9. The second kappa shape index (κ2) is 11.0. The van der Waals surface area contributed by atoms with Gasteiger partial charge in [0.25, 0.3) is 0 Å². The van der Waals surface area contributed by atoms with Crippen molar-refractivity contribution in [2.45, 2.75) is 44.7 Å². The summed E-state index contributed by atoms with van der Waals surface area (Å²) in [6.45, 7) is 1.86. The van der Waals surface area contributed by atoms with E-state index < -0.39 is 24.5 Å². The van der Waals surface area contributed by atoms with E-state index in [1.165, 1.54) is 14.0 Å². The first-order chi connectivity index (χ1) is 14.6. The lowest BCUT2D eigenvalue weighted by molar-refractivity contribution is -0.156. The SMILES string of the molecule is CO[C@@H]1O[C@H](C(=O)COCc2ccccc2)[C@H](OCc2ccccc2)[C@H]1NC(C)=O. The number of methoxy groups -OCH3 is 1. The molecule has 30 heavy (non-hydrogen) atoms. The molecule has 1 aliphatic heterocycles. The third-order valence-electron chi connectivity index (χ3n) is 4.79. The number of benzene rings is 2. The Kier molecular flexibility index (Phi) is 8.10. The van der Waals surface area contributed by atoms with Crippen molar-refractivity contribution in [1.82, 2.24) is 5.32 Å². The van der Waals surface area contributed by atoms with E-state index in [0.717, 1.165) is 11.1 Å². The number of ketones is 1. The van der Waals surface area contributed by atoms with Crippen molar-refractivity contribution in [2.75, 3.05) is 13.7 Å². The molecule has 0 aromatic heterocycles. The second-order valence-electron chi connectivity index (χ2n) is 7.09. The number of rotatable bonds is 10. The van der Waals surface area contributed by atoms with Gasteiger partial charge in [0.15, 0.2) is 12.1 Å². The third kappa shape index (κ3) is 5.96. The molecule has 2 aromatic rings. The number of ether oxygens (including phenoxy) is 4. The highest BCUT2D eigenvalue weighted by molar-refractivity contribution is 5.85. The van der Waals surface area contributed by atoms with Gasteiger partial charge in [0.2, 0.25) is 5.91 Å². The van der Waals surface area contributed by atoms with Crippen LogP contribution in [0.5, 0.6) is 0 Å². The normalized spacial score (nSPS) is 23.3. The molecule has 7 heteroatoms. The first-order valence-corrected chi connectivity index (χ1v) is 9.83. The molecule has 0 unspecified atom stereocenters. The smallest absolute Gasteiger partial charge is 0.217 e. The highest BCUT2D eigenvalue weighted by Crippen LogP contribution is 2.26. The van der Waals surface area contributed by atoms with E-state index in [2.05, 4.69) is 5.32 Å². The summed E-state index contributed by atoms with van der Waals surface area (Å²) in [6.07, 6.45) is -2.41. The predicted octanol–water partition coefficient (Wildman–Crippen LogP) is 2.23. The van der Waals surface area contributed by atoms with Crippen LogP contribution in [0.25, 0.3) is 0 Å². The molecule has 1 N–H and O–H groups in total. The van der Waals surface area contributed by atoms with E-state index in [1.54, 1.807) is 0 Å². The van der Waals surface area contributed by atoms with Crippen molar-refractivity contribution in [1.29, 1.82) is 0 Å². The van der Waals surface area contributed by atoms with Crippen LogP contribution in [0.2, 0.25) is 0 Å². The maximum Gasteiger partial charge on any atom is 0.217 e. The van der Waals surface area contributed by atoms with Gasteiger partial charge in [-0.1, -0.05) is 60.7 Å². The van der Waals surface area contributed by atoms with Crippen LogP contribution in [0.1, 0.15) is 18.1 Å². The molecule has 0 bridgehead atoms. The Morgan fingerprint density at radius 1 is 0.967 bits per heavy atom. The fourth-order valence-corrected chi connectivity index (χ4v) is 3.38. The molecule has 1 fully saturated rings. The second-order valence-corrected chi connectivity index (χ2v) is 7.09. The summed E-state index contributed by atoms with van der Waals surface area (Å²) in [5, 5.41) is 2.79. The predicted molar refractivity (Wildman–Crippen MR) is 109 cm³/mol. The molecule has 0 saturated carbocycles. The van der Waals surface area contributed by atoms with Gasteiger partial charge in [-0.05, 0) is 11.1 Å². The Balaban J connectivity index is 1.66. The Morgan fingerprint density at radius 3 is 2.13 bits per heavy atom. The number of nitrogens with one attached hydrogen (secondary N) is 1.